The predicted molar refractivity (Wildman–Crippen MR) is 258 cm³/mol. The number of hydrogen-bond acceptors (Lipinski definition) is 31. The molecule has 0 amide bonds. The van der Waals surface area contributed by atoms with Gasteiger partial charge in [-0.1, -0.05) is 0 Å². The molecule has 79 heavy (non-hydrogen) atoms. The minimum absolute atomic E-state index is 1.14. The number of furan rings is 1. The van der Waals surface area contributed by atoms with Crippen LogP contribution in [0.1, 0.15) is 0 Å². The Kier molecular flexibility index (Phi) is 9.86. The van der Waals surface area contributed by atoms with Crippen LogP contribution in [-0.4, -0.2) is 153 Å². The van der Waals surface area contributed by atoms with E-state index in [0.29, 0.717) is 0 Å². The fourth-order valence-corrected chi connectivity index (χ4v) is 9.72. The van der Waals surface area contributed by atoms with Gasteiger partial charge in [0.1, 0.15) is 11.5 Å². The highest BCUT2D eigenvalue weighted by atomic mass is 16.4. The third-order valence-corrected chi connectivity index (χ3v) is 13.3. The van der Waals surface area contributed by atoms with Gasteiger partial charge in [-0.2, -0.15) is 0 Å². The smallest absolute Gasteiger partial charge is 0.208 e. The summed E-state index contributed by atoms with van der Waals surface area (Å²) in [4.78, 5) is 0. The molecule has 31 heteroatoms. The normalized spacial score (nSPS) is 11.8. The zero-order valence-corrected chi connectivity index (χ0v) is 37.8. The Hall–Kier alpha value is -12.4. The van der Waals surface area contributed by atoms with Crippen LogP contribution in [0, 0.1) is 0 Å². The summed E-state index contributed by atoms with van der Waals surface area (Å²) in [6, 6.07) is 0. The average Bonchev–Trinajstić information content (AvgIpc) is 3.85. The van der Waals surface area contributed by atoms with Crippen molar-refractivity contribution >= 4 is 54.3 Å². The predicted octanol–water partition coefficient (Wildman–Crippen LogP) is 4.88. The van der Waals surface area contributed by atoms with Crippen LogP contribution in [-0.2, 0) is 0 Å². The Morgan fingerprint density at radius 1 is 0.114 bits per heavy atom. The number of aromatic hydroxyl groups is 30. The van der Waals surface area contributed by atoms with Crippen LogP contribution >= 0.6 is 0 Å². The molecule has 0 spiro atoms. The van der Waals surface area contributed by atoms with E-state index in [4.69, 9.17) is 4.42 Å². The summed E-state index contributed by atoms with van der Waals surface area (Å²) in [5.74, 6) is -54.1. The lowest BCUT2D eigenvalue weighted by Crippen LogP contribution is -1.99. The van der Waals surface area contributed by atoms with Crippen molar-refractivity contribution in [3.05, 3.63) is 0 Å². The fourth-order valence-electron chi connectivity index (χ4n) is 9.72. The minimum Gasteiger partial charge on any atom is -0.506 e. The summed E-state index contributed by atoms with van der Waals surface area (Å²) < 4.78 is 5.58. The van der Waals surface area contributed by atoms with Crippen molar-refractivity contribution in [1.29, 1.82) is 0 Å². The minimum atomic E-state index is -2.06. The molecule has 0 fully saturated rings. The zero-order chi connectivity index (χ0) is 58.4. The van der Waals surface area contributed by atoms with Crippen molar-refractivity contribution in [1.82, 2.24) is 0 Å². The Morgan fingerprint density at radius 3 is 0.709 bits per heavy atom. The quantitative estimate of drug-likeness (QED) is 0.0634. The highest BCUT2D eigenvalue weighted by Crippen LogP contribution is 2.71. The van der Waals surface area contributed by atoms with Gasteiger partial charge in [0.05, 0.1) is 32.8 Å². The van der Waals surface area contributed by atoms with Gasteiger partial charge in [-0.05, 0) is 0 Å². The Balaban J connectivity index is 1.60. The number of rotatable bonds is 4. The second kappa shape index (κ2) is 15.6. The zero-order valence-electron chi connectivity index (χ0n) is 37.8. The molecule has 0 aliphatic heterocycles. The molecule has 30 N–H and O–H groups in total. The molecule has 1 aromatic heterocycles. The van der Waals surface area contributed by atoms with Crippen LogP contribution in [0.15, 0.2) is 4.42 Å². The maximum Gasteiger partial charge on any atom is 0.208 e. The van der Waals surface area contributed by atoms with Crippen molar-refractivity contribution in [2.75, 3.05) is 0 Å². The van der Waals surface area contributed by atoms with E-state index in [1.807, 2.05) is 0 Å². The first-order valence-corrected chi connectivity index (χ1v) is 21.1. The maximum absolute atomic E-state index is 12.7. The molecular weight excluding hydrogens is 1070 g/mol. The molecule has 0 bridgehead atoms. The molecule has 408 valence electrons. The summed E-state index contributed by atoms with van der Waals surface area (Å²) in [5.41, 5.74) is -15.8. The number of fused-ring (bicyclic) bond motifs is 6. The number of benzene rings is 9. The van der Waals surface area contributed by atoms with Crippen LogP contribution in [0.5, 0.6) is 172 Å². The third-order valence-electron chi connectivity index (χ3n) is 13.3. The van der Waals surface area contributed by atoms with Crippen molar-refractivity contribution < 1.29 is 158 Å². The third kappa shape index (κ3) is 5.70. The van der Waals surface area contributed by atoms with Crippen LogP contribution in [0.25, 0.3) is 98.8 Å². The second-order valence-electron chi connectivity index (χ2n) is 17.2. The lowest BCUT2D eigenvalue weighted by atomic mass is 9.79. The van der Waals surface area contributed by atoms with E-state index in [9.17, 15) is 153 Å². The van der Waals surface area contributed by atoms with E-state index in [-0.39, 0.29) is 0 Å². The van der Waals surface area contributed by atoms with Crippen molar-refractivity contribution in [2.45, 2.75) is 0 Å². The second-order valence-corrected chi connectivity index (χ2v) is 17.2. The van der Waals surface area contributed by atoms with Gasteiger partial charge >= 0.3 is 0 Å². The van der Waals surface area contributed by atoms with Gasteiger partial charge in [-0.15, -0.1) is 0 Å². The largest absolute Gasteiger partial charge is 0.506 e. The lowest BCUT2D eigenvalue weighted by Gasteiger charge is -2.26. The van der Waals surface area contributed by atoms with Gasteiger partial charge in [0, 0.05) is 54.7 Å². The van der Waals surface area contributed by atoms with Crippen LogP contribution in [0.4, 0.5) is 0 Å². The van der Waals surface area contributed by atoms with Gasteiger partial charge in [0.25, 0.3) is 0 Å². The monoisotopic (exact) mass is 1100 g/mol. The van der Waals surface area contributed by atoms with Gasteiger partial charge in [-0.3, -0.25) is 0 Å². The van der Waals surface area contributed by atoms with E-state index in [1.54, 1.807) is 0 Å². The number of hydrogen-bond donors (Lipinski definition) is 30. The summed E-state index contributed by atoms with van der Waals surface area (Å²) in [6.45, 7) is 0. The van der Waals surface area contributed by atoms with Crippen LogP contribution in [0.2, 0.25) is 0 Å². The summed E-state index contributed by atoms with van der Waals surface area (Å²) in [6.07, 6.45) is 0. The number of phenolic OH excluding ortho intramolecular Hbond substituents is 30. The molecule has 0 saturated carbocycles. The Labute approximate surface area is 428 Å². The van der Waals surface area contributed by atoms with Crippen molar-refractivity contribution in [2.24, 2.45) is 0 Å². The molecule has 10 rings (SSSR count). The molecule has 0 unspecified atom stereocenters. The van der Waals surface area contributed by atoms with E-state index in [2.05, 4.69) is 0 Å². The van der Waals surface area contributed by atoms with E-state index < -0.39 is 271 Å². The first-order valence-electron chi connectivity index (χ1n) is 21.1. The fraction of sp³-hybridized carbons (Fsp3) is 0. The molecule has 0 aliphatic rings. The number of phenols is 30. The van der Waals surface area contributed by atoms with Gasteiger partial charge < -0.3 is 158 Å². The van der Waals surface area contributed by atoms with Crippen LogP contribution < -0.4 is 0 Å². The molecule has 31 nitrogen and oxygen atoms in total. The van der Waals surface area contributed by atoms with Crippen LogP contribution in [0.3, 0.4) is 0 Å². The summed E-state index contributed by atoms with van der Waals surface area (Å²) in [7, 11) is 0. The molecule has 1 heterocycles. The van der Waals surface area contributed by atoms with E-state index >= 15 is 0 Å². The molecular formula is C48H30O31. The SMILES string of the molecule is Oc1c(O)c(O)c(-c2c(O)c(O)c(-c3c(O)c(O)c(O)c(O)c3O)c(-c3c4c(O)c(O)c(O)c(O)c4c(-c4c(O)c(O)c(O)c5oc6c(O)c7c(O)c(O)c(O)c(O)c7c(O)c6c45)c4c(O)c(O)c(O)c(O)c34)c2O)c(O)c1O. The highest BCUT2D eigenvalue weighted by Gasteiger charge is 2.42. The molecule has 0 saturated heterocycles. The van der Waals surface area contributed by atoms with E-state index in [1.165, 1.54) is 0 Å². The summed E-state index contributed by atoms with van der Waals surface area (Å²) in [5, 5.41) is 328. The molecule has 10 aromatic rings. The van der Waals surface area contributed by atoms with E-state index in [0.717, 1.165) is 0 Å². The first kappa shape index (κ1) is 50.1. The molecule has 9 aromatic carbocycles. The highest BCUT2D eigenvalue weighted by molar-refractivity contribution is 6.35. The maximum atomic E-state index is 12.7. The lowest BCUT2D eigenvalue weighted by molar-refractivity contribution is 0.329. The Morgan fingerprint density at radius 2 is 0.329 bits per heavy atom. The summed E-state index contributed by atoms with van der Waals surface area (Å²) >= 11 is 0. The first-order chi connectivity index (χ1) is 36.8. The molecule has 0 atom stereocenters. The van der Waals surface area contributed by atoms with Gasteiger partial charge in [-0.25, -0.2) is 0 Å². The molecule has 0 radical (unpaired) electrons. The average molecular weight is 1100 g/mol. The topological polar surface area (TPSA) is 620 Å². The van der Waals surface area contributed by atoms with Gasteiger partial charge in [0.2, 0.25) is 80.5 Å². The van der Waals surface area contributed by atoms with Crippen molar-refractivity contribution in [3.8, 4) is 217 Å². The van der Waals surface area contributed by atoms with Gasteiger partial charge in [0.15, 0.2) is 91.7 Å². The Bertz CT molecular complexity index is 4450. The standard InChI is InChI=1S/C48H30O31/c49-17-3(9(11-26(58)39(71)44(76)40(72)27(11)59)19(51)25(57)12(17)14-29(61)41(73)45(77)42(74)30(14)62)1-4-6(22(54)35(67)33(65)20(4)52)2(7-5(1)21(53)34(66)36(68)23(7)55)8-10-16-18(50)13-15(31(63)38(70)37(69)28(13)60)32(64)48(16)79-47(10)46(78)43(75)24(8)56/h49-78H. The molecule has 0 aliphatic carbocycles. The van der Waals surface area contributed by atoms with Crippen molar-refractivity contribution in [3.63, 3.8) is 0 Å².